The second-order valence-electron chi connectivity index (χ2n) is 17.9. The summed E-state index contributed by atoms with van der Waals surface area (Å²) in [5, 5.41) is 4.95. The highest BCUT2D eigenvalue weighted by atomic mass is 32.2. The maximum absolute atomic E-state index is 5.65. The molecule has 0 amide bonds. The van der Waals surface area contributed by atoms with Crippen LogP contribution in [-0.2, 0) is 0 Å². The number of benzene rings is 9. The lowest BCUT2D eigenvalue weighted by Crippen LogP contribution is -2.00. The number of thiophene rings is 1. The molecular weight excluding hydrogens is 885 g/mol. The van der Waals surface area contributed by atoms with Gasteiger partial charge in [-0.05, 0) is 121 Å². The van der Waals surface area contributed by atoms with Crippen molar-refractivity contribution in [2.24, 2.45) is 0 Å². The average molecular weight is 929 g/mol. The lowest BCUT2D eigenvalue weighted by atomic mass is 9.97. The van der Waals surface area contributed by atoms with Crippen LogP contribution >= 0.6 is 23.1 Å². The molecule has 4 heterocycles. The molecule has 0 atom stereocenters. The summed E-state index contributed by atoms with van der Waals surface area (Å²) in [4.78, 5) is 6.90. The highest BCUT2D eigenvalue weighted by Crippen LogP contribution is 2.45. The van der Waals surface area contributed by atoms with Gasteiger partial charge < -0.3 is 0 Å². The van der Waals surface area contributed by atoms with Crippen LogP contribution < -0.4 is 0 Å². The number of aromatic nitrogens is 2. The Kier molecular flexibility index (Phi) is 10.6. The Morgan fingerprint density at radius 2 is 0.986 bits per heavy atom. The van der Waals surface area contributed by atoms with E-state index in [1.54, 1.807) is 0 Å². The van der Waals surface area contributed by atoms with Crippen molar-refractivity contribution >= 4 is 70.6 Å². The molecule has 0 unspecified atom stereocenters. The van der Waals surface area contributed by atoms with E-state index >= 15 is 0 Å². The molecule has 0 fully saturated rings. The van der Waals surface area contributed by atoms with Gasteiger partial charge in [-0.3, -0.25) is 4.57 Å². The number of hydrogen-bond acceptors (Lipinski definition) is 3. The molecule has 0 aliphatic carbocycles. The van der Waals surface area contributed by atoms with Gasteiger partial charge in [0.05, 0.1) is 16.7 Å². The van der Waals surface area contributed by atoms with Crippen molar-refractivity contribution in [3.05, 3.63) is 255 Å². The molecule has 0 saturated heterocycles. The summed E-state index contributed by atoms with van der Waals surface area (Å²) in [5.74, 6) is 1.74. The molecule has 3 aromatic heterocycles. The summed E-state index contributed by atoms with van der Waals surface area (Å²) in [6, 6.07) is 79.7. The number of pyridine rings is 1. The maximum atomic E-state index is 5.65. The molecule has 330 valence electrons. The van der Waals surface area contributed by atoms with Crippen molar-refractivity contribution < 1.29 is 0 Å². The van der Waals surface area contributed by atoms with Gasteiger partial charge >= 0.3 is 0 Å². The molecule has 0 spiro atoms. The normalized spacial score (nSPS) is 13.6. The zero-order valence-electron chi connectivity index (χ0n) is 38.2. The lowest BCUT2D eigenvalue weighted by molar-refractivity contribution is 1.08. The molecule has 1 aliphatic heterocycles. The van der Waals surface area contributed by atoms with Crippen LogP contribution in [-0.4, -0.2) is 15.3 Å². The number of rotatable bonds is 7. The first kappa shape index (κ1) is 41.9. The van der Waals surface area contributed by atoms with Gasteiger partial charge in [-0.15, -0.1) is 23.1 Å². The molecule has 2 nitrogen and oxygen atoms in total. The van der Waals surface area contributed by atoms with Crippen molar-refractivity contribution in [1.82, 2.24) is 9.55 Å². The highest BCUT2D eigenvalue weighted by Gasteiger charge is 2.21. The van der Waals surface area contributed by atoms with Crippen molar-refractivity contribution in [1.29, 1.82) is 0 Å². The minimum absolute atomic E-state index is 0.862. The first-order valence-electron chi connectivity index (χ1n) is 23.7. The van der Waals surface area contributed by atoms with E-state index in [1.165, 1.54) is 80.3 Å². The molecule has 13 rings (SSSR count). The smallest absolute Gasteiger partial charge is 0.138 e. The van der Waals surface area contributed by atoms with Crippen molar-refractivity contribution in [2.75, 3.05) is 5.75 Å². The summed E-state index contributed by atoms with van der Waals surface area (Å²) in [6.07, 6.45) is 8.56. The van der Waals surface area contributed by atoms with Gasteiger partial charge in [0.15, 0.2) is 0 Å². The Morgan fingerprint density at radius 1 is 0.414 bits per heavy atom. The van der Waals surface area contributed by atoms with Crippen molar-refractivity contribution in [3.8, 4) is 72.7 Å². The number of thioether (sulfide) groups is 1. The van der Waals surface area contributed by atoms with E-state index in [1.807, 2.05) is 23.1 Å². The summed E-state index contributed by atoms with van der Waals surface area (Å²) in [6.45, 7) is 4.49. The van der Waals surface area contributed by atoms with Gasteiger partial charge in [0.2, 0.25) is 0 Å². The first-order valence-corrected chi connectivity index (χ1v) is 25.5. The maximum Gasteiger partial charge on any atom is 0.138 e. The van der Waals surface area contributed by atoms with Gasteiger partial charge in [-0.2, -0.15) is 0 Å². The predicted molar refractivity (Wildman–Crippen MR) is 302 cm³/mol. The fourth-order valence-electron chi connectivity index (χ4n) is 10.2. The number of nitrogens with zero attached hydrogens (tertiary/aromatic N) is 2. The fourth-order valence-corrected chi connectivity index (χ4v) is 12.5. The van der Waals surface area contributed by atoms with E-state index in [4.69, 9.17) is 4.98 Å². The van der Waals surface area contributed by atoms with E-state index in [0.29, 0.717) is 0 Å². The second-order valence-corrected chi connectivity index (χ2v) is 20.0. The van der Waals surface area contributed by atoms with Crippen LogP contribution in [0.25, 0.3) is 120 Å². The fraction of sp³-hybridized carbons (Fsp3) is 0.0152. The third-order valence-electron chi connectivity index (χ3n) is 13.6. The minimum Gasteiger partial charge on any atom is -0.294 e. The summed E-state index contributed by atoms with van der Waals surface area (Å²) in [7, 11) is 0. The standard InChI is InChI=1S/C66H44N2S2/c1-43-17-5-4-12-36-69-65-53(43)27-15-28-54(65)49-32-34-61-58(39-49)59-40-50(55-29-16-30-57-56-26-10-11-31-63(56)70-66(55)57)33-35-62(59)68(61)64-42-52(48-24-13-22-46(37-48)44-18-6-2-7-19-44)41-60(67-64)51-25-14-23-47(38-51)45-20-8-3-9-21-45/h2-35,37-42H,1,36H2/b12-4-,17-5-. The van der Waals surface area contributed by atoms with Gasteiger partial charge in [0.1, 0.15) is 5.82 Å². The van der Waals surface area contributed by atoms with Crippen LogP contribution in [0.15, 0.2) is 254 Å². The highest BCUT2D eigenvalue weighted by molar-refractivity contribution is 7.99. The SMILES string of the molecule is C=C1/C=C\C=C/CSc2c1cccc2-c1ccc2c(c1)c1cc(-c3cccc4c3sc3ccccc34)ccc1n2-c1cc(-c2cccc(-c3ccccc3)c2)cc(-c2cccc(-c3ccccc3)c2)n1. The van der Waals surface area contributed by atoms with Gasteiger partial charge in [-0.1, -0.05) is 195 Å². The Morgan fingerprint density at radius 3 is 1.73 bits per heavy atom. The Labute approximate surface area is 415 Å². The number of hydrogen-bond donors (Lipinski definition) is 0. The Balaban J connectivity index is 1.06. The molecule has 4 heteroatoms. The van der Waals surface area contributed by atoms with E-state index in [-0.39, 0.29) is 0 Å². The molecule has 0 bridgehead atoms. The van der Waals surface area contributed by atoms with Gasteiger partial charge in [0.25, 0.3) is 0 Å². The molecule has 0 radical (unpaired) electrons. The van der Waals surface area contributed by atoms with Crippen LogP contribution in [0.5, 0.6) is 0 Å². The average Bonchev–Trinajstić information content (AvgIpc) is 4.00. The van der Waals surface area contributed by atoms with Gasteiger partial charge in [-0.25, -0.2) is 4.98 Å². The third kappa shape index (κ3) is 7.50. The van der Waals surface area contributed by atoms with Gasteiger partial charge in [0, 0.05) is 47.2 Å². The summed E-state index contributed by atoms with van der Waals surface area (Å²) < 4.78 is 5.00. The van der Waals surface area contributed by atoms with Crippen LogP contribution in [0.3, 0.4) is 0 Å². The lowest BCUT2D eigenvalue weighted by Gasteiger charge is -2.15. The predicted octanol–water partition coefficient (Wildman–Crippen LogP) is 18.8. The Bertz CT molecular complexity index is 3980. The summed E-state index contributed by atoms with van der Waals surface area (Å²) in [5.41, 5.74) is 18.1. The van der Waals surface area contributed by atoms with E-state index in [0.717, 1.165) is 56.1 Å². The molecule has 0 N–H and O–H groups in total. The van der Waals surface area contributed by atoms with E-state index < -0.39 is 0 Å². The number of fused-ring (bicyclic) bond motifs is 7. The topological polar surface area (TPSA) is 17.8 Å². The van der Waals surface area contributed by atoms with Crippen molar-refractivity contribution in [2.45, 2.75) is 4.90 Å². The molecule has 9 aromatic carbocycles. The quantitative estimate of drug-likeness (QED) is 0.158. The van der Waals surface area contributed by atoms with Crippen LogP contribution in [0.2, 0.25) is 0 Å². The van der Waals surface area contributed by atoms with Crippen LogP contribution in [0.1, 0.15) is 5.56 Å². The van der Waals surface area contributed by atoms with Crippen LogP contribution in [0, 0.1) is 0 Å². The monoisotopic (exact) mass is 928 g/mol. The van der Waals surface area contributed by atoms with Crippen LogP contribution in [0.4, 0.5) is 0 Å². The van der Waals surface area contributed by atoms with E-state index in [9.17, 15) is 0 Å². The zero-order chi connectivity index (χ0) is 46.5. The molecule has 12 aromatic rings. The molecule has 70 heavy (non-hydrogen) atoms. The van der Waals surface area contributed by atoms with E-state index in [2.05, 4.69) is 254 Å². The second kappa shape index (κ2) is 17.7. The zero-order valence-corrected chi connectivity index (χ0v) is 39.9. The molecule has 0 saturated carbocycles. The molecule has 1 aliphatic rings. The molecular formula is C66H44N2S2. The Hall–Kier alpha value is -8.28. The van der Waals surface area contributed by atoms with Crippen molar-refractivity contribution in [3.63, 3.8) is 0 Å². The largest absolute Gasteiger partial charge is 0.294 e. The minimum atomic E-state index is 0.862. The summed E-state index contributed by atoms with van der Waals surface area (Å²) >= 11 is 3.75. The first-order chi connectivity index (χ1) is 34.6. The third-order valence-corrected chi connectivity index (χ3v) is 15.9. The number of allylic oxidation sites excluding steroid dienone is 4.